The van der Waals surface area contributed by atoms with Gasteiger partial charge in [0.15, 0.2) is 0 Å². The largest absolute Gasteiger partial charge is 0.375 e. The molecule has 8 heavy (non-hydrogen) atoms. The minimum absolute atomic E-state index is 0.0885. The minimum Gasteiger partial charge on any atom is -0.375 e. The highest BCUT2D eigenvalue weighted by molar-refractivity contribution is 4.94. The number of ether oxygens (including phenoxy) is 1. The molecule has 0 heterocycles. The Bertz CT molecular complexity index is 82.4. The van der Waals surface area contributed by atoms with Crippen molar-refractivity contribution in [1.82, 2.24) is 0 Å². The molecule has 0 rings (SSSR count). The van der Waals surface area contributed by atoms with Crippen molar-refractivity contribution in [2.75, 3.05) is 7.11 Å². The van der Waals surface area contributed by atoms with Crippen LogP contribution in [0.2, 0.25) is 0 Å². The first kappa shape index (κ1) is 7.70. The monoisotopic (exact) mass is 114 g/mol. The summed E-state index contributed by atoms with van der Waals surface area (Å²) in [6.07, 6.45) is 4.01. The van der Waals surface area contributed by atoms with Crippen LogP contribution in [0.15, 0.2) is 12.2 Å². The molecule has 0 saturated heterocycles. The molecule has 0 aromatic rings. The van der Waals surface area contributed by atoms with E-state index < -0.39 is 0 Å². The molecule has 0 N–H and O–H groups in total. The molecular weight excluding hydrogens is 100 g/mol. The van der Waals surface area contributed by atoms with Crippen molar-refractivity contribution in [3.05, 3.63) is 12.2 Å². The zero-order valence-corrected chi connectivity index (χ0v) is 6.06. The summed E-state index contributed by atoms with van der Waals surface area (Å²) in [5.41, 5.74) is -0.0885. The van der Waals surface area contributed by atoms with Gasteiger partial charge < -0.3 is 4.74 Å². The molecule has 0 atom stereocenters. The second-order valence-electron chi connectivity index (χ2n) is 2.31. The molecule has 0 radical (unpaired) electrons. The highest BCUT2D eigenvalue weighted by atomic mass is 16.5. The fraction of sp³-hybridized carbons (Fsp3) is 0.714. The van der Waals surface area contributed by atoms with Gasteiger partial charge in [-0.15, -0.1) is 0 Å². The summed E-state index contributed by atoms with van der Waals surface area (Å²) in [4.78, 5) is 0. The number of allylic oxidation sites excluding steroid dienone is 1. The maximum absolute atomic E-state index is 5.09. The molecule has 0 aromatic heterocycles. The predicted octanol–water partition coefficient (Wildman–Crippen LogP) is 1.99. The van der Waals surface area contributed by atoms with Crippen LogP contribution in [0.4, 0.5) is 0 Å². The van der Waals surface area contributed by atoms with Gasteiger partial charge in [-0.2, -0.15) is 0 Å². The van der Waals surface area contributed by atoms with Gasteiger partial charge in [0.1, 0.15) is 0 Å². The Balaban J connectivity index is 3.71. The van der Waals surface area contributed by atoms with E-state index in [1.54, 1.807) is 7.11 Å². The first-order valence-corrected chi connectivity index (χ1v) is 2.81. The molecule has 1 heteroatoms. The summed E-state index contributed by atoms with van der Waals surface area (Å²) in [5.74, 6) is 0. The molecule has 0 aliphatic rings. The van der Waals surface area contributed by atoms with Crippen molar-refractivity contribution in [3.63, 3.8) is 0 Å². The van der Waals surface area contributed by atoms with Gasteiger partial charge in [-0.3, -0.25) is 0 Å². The van der Waals surface area contributed by atoms with E-state index >= 15 is 0 Å². The van der Waals surface area contributed by atoms with Crippen LogP contribution in [0.5, 0.6) is 0 Å². The number of hydrogen-bond donors (Lipinski definition) is 0. The van der Waals surface area contributed by atoms with E-state index in [-0.39, 0.29) is 5.60 Å². The average Bonchev–Trinajstić information content (AvgIpc) is 1.67. The van der Waals surface area contributed by atoms with Crippen molar-refractivity contribution in [2.45, 2.75) is 26.4 Å². The van der Waals surface area contributed by atoms with E-state index in [2.05, 4.69) is 0 Å². The number of rotatable bonds is 2. The molecule has 0 spiro atoms. The smallest absolute Gasteiger partial charge is 0.0802 e. The molecule has 48 valence electrons. The van der Waals surface area contributed by atoms with Crippen LogP contribution < -0.4 is 0 Å². The Hall–Kier alpha value is -0.300. The van der Waals surface area contributed by atoms with E-state index in [0.717, 1.165) is 0 Å². The standard InChI is InChI=1S/C7H14O/c1-5-6-7(2,3)8-4/h5-6H,1-4H3/b6-5+. The Morgan fingerprint density at radius 2 is 1.88 bits per heavy atom. The van der Waals surface area contributed by atoms with Crippen molar-refractivity contribution < 1.29 is 4.74 Å². The Kier molecular flexibility index (Phi) is 2.77. The molecule has 0 aliphatic heterocycles. The van der Waals surface area contributed by atoms with Crippen LogP contribution in [0.1, 0.15) is 20.8 Å². The molecule has 1 nitrogen and oxygen atoms in total. The van der Waals surface area contributed by atoms with Crippen LogP contribution in [0.25, 0.3) is 0 Å². The lowest BCUT2D eigenvalue weighted by atomic mass is 10.1. The fourth-order valence-electron chi connectivity index (χ4n) is 0.469. The summed E-state index contributed by atoms with van der Waals surface area (Å²) in [6, 6.07) is 0. The Morgan fingerprint density at radius 1 is 1.38 bits per heavy atom. The van der Waals surface area contributed by atoms with Crippen LogP contribution in [-0.4, -0.2) is 12.7 Å². The average molecular weight is 114 g/mol. The molecular formula is C7H14O. The molecule has 0 aromatic carbocycles. The third-order valence-electron chi connectivity index (χ3n) is 1.09. The third kappa shape index (κ3) is 2.80. The minimum atomic E-state index is -0.0885. The predicted molar refractivity (Wildman–Crippen MR) is 35.9 cm³/mol. The Morgan fingerprint density at radius 3 is 2.00 bits per heavy atom. The van der Waals surface area contributed by atoms with E-state index in [4.69, 9.17) is 4.74 Å². The summed E-state index contributed by atoms with van der Waals surface area (Å²) >= 11 is 0. The van der Waals surface area contributed by atoms with Gasteiger partial charge in [-0.1, -0.05) is 12.2 Å². The zero-order valence-electron chi connectivity index (χ0n) is 6.06. The van der Waals surface area contributed by atoms with Gasteiger partial charge in [0.05, 0.1) is 5.60 Å². The second-order valence-corrected chi connectivity index (χ2v) is 2.31. The summed E-state index contributed by atoms with van der Waals surface area (Å²) in [7, 11) is 1.71. The summed E-state index contributed by atoms with van der Waals surface area (Å²) in [5, 5.41) is 0. The van der Waals surface area contributed by atoms with Gasteiger partial charge >= 0.3 is 0 Å². The highest BCUT2D eigenvalue weighted by Gasteiger charge is 2.08. The molecule has 0 bridgehead atoms. The lowest BCUT2D eigenvalue weighted by molar-refractivity contribution is 0.0655. The van der Waals surface area contributed by atoms with Gasteiger partial charge in [0.25, 0.3) is 0 Å². The van der Waals surface area contributed by atoms with E-state index in [9.17, 15) is 0 Å². The first-order valence-electron chi connectivity index (χ1n) is 2.81. The number of hydrogen-bond acceptors (Lipinski definition) is 1. The highest BCUT2D eigenvalue weighted by Crippen LogP contribution is 2.07. The van der Waals surface area contributed by atoms with Crippen molar-refractivity contribution in [1.29, 1.82) is 0 Å². The first-order chi connectivity index (χ1) is 3.62. The maximum atomic E-state index is 5.09. The lowest BCUT2D eigenvalue weighted by Crippen LogP contribution is -2.17. The van der Waals surface area contributed by atoms with Gasteiger partial charge in [-0.05, 0) is 20.8 Å². The van der Waals surface area contributed by atoms with E-state index in [1.165, 1.54) is 0 Å². The second kappa shape index (κ2) is 2.88. The molecule has 0 aliphatic carbocycles. The van der Waals surface area contributed by atoms with Crippen LogP contribution in [-0.2, 0) is 4.74 Å². The van der Waals surface area contributed by atoms with Crippen molar-refractivity contribution in [2.24, 2.45) is 0 Å². The Labute approximate surface area is 51.4 Å². The summed E-state index contributed by atoms with van der Waals surface area (Å²) in [6.45, 7) is 6.03. The molecule has 0 unspecified atom stereocenters. The normalized spacial score (nSPS) is 13.0. The van der Waals surface area contributed by atoms with Crippen LogP contribution >= 0.6 is 0 Å². The molecule has 0 saturated carbocycles. The van der Waals surface area contributed by atoms with Gasteiger partial charge in [0.2, 0.25) is 0 Å². The quantitative estimate of drug-likeness (QED) is 0.499. The SMILES string of the molecule is C/C=C/C(C)(C)OC. The van der Waals surface area contributed by atoms with Crippen LogP contribution in [0, 0.1) is 0 Å². The zero-order chi connectivity index (χ0) is 6.62. The number of methoxy groups -OCH3 is 1. The molecule has 0 amide bonds. The van der Waals surface area contributed by atoms with Gasteiger partial charge in [-0.25, -0.2) is 0 Å². The maximum Gasteiger partial charge on any atom is 0.0802 e. The summed E-state index contributed by atoms with van der Waals surface area (Å²) < 4.78 is 5.09. The topological polar surface area (TPSA) is 9.23 Å². The lowest BCUT2D eigenvalue weighted by Gasteiger charge is -2.16. The van der Waals surface area contributed by atoms with Gasteiger partial charge in [0, 0.05) is 7.11 Å². The van der Waals surface area contributed by atoms with Crippen LogP contribution in [0.3, 0.4) is 0 Å². The van der Waals surface area contributed by atoms with E-state index in [1.807, 2.05) is 32.9 Å². The third-order valence-corrected chi connectivity index (χ3v) is 1.09. The molecule has 0 fully saturated rings. The van der Waals surface area contributed by atoms with Crippen molar-refractivity contribution >= 4 is 0 Å². The van der Waals surface area contributed by atoms with E-state index in [0.29, 0.717) is 0 Å². The fourth-order valence-corrected chi connectivity index (χ4v) is 0.469. The van der Waals surface area contributed by atoms with Crippen molar-refractivity contribution in [3.8, 4) is 0 Å².